The predicted molar refractivity (Wildman–Crippen MR) is 78.8 cm³/mol. The zero-order valence-corrected chi connectivity index (χ0v) is 12.0. The van der Waals surface area contributed by atoms with E-state index in [1.54, 1.807) is 0 Å². The molecule has 100 valence electrons. The molecule has 0 spiro atoms. The van der Waals surface area contributed by atoms with Gasteiger partial charge in [0.15, 0.2) is 0 Å². The van der Waals surface area contributed by atoms with E-state index >= 15 is 0 Å². The van der Waals surface area contributed by atoms with Crippen molar-refractivity contribution in [1.29, 1.82) is 0 Å². The van der Waals surface area contributed by atoms with Crippen molar-refractivity contribution in [2.75, 3.05) is 13.1 Å². The second-order valence-electron chi connectivity index (χ2n) is 4.77. The second-order valence-corrected chi connectivity index (χ2v) is 5.58. The molecule has 0 radical (unpaired) electrons. The minimum Gasteiger partial charge on any atom is -0.328 e. The van der Waals surface area contributed by atoms with Gasteiger partial charge in [0, 0.05) is 24.0 Å². The van der Waals surface area contributed by atoms with Crippen LogP contribution in [0, 0.1) is 0 Å². The number of aromatic nitrogens is 2. The van der Waals surface area contributed by atoms with Crippen molar-refractivity contribution in [3.63, 3.8) is 0 Å². The molecule has 2 aromatic rings. The molecule has 19 heavy (non-hydrogen) atoms. The van der Waals surface area contributed by atoms with E-state index in [-0.39, 0.29) is 0 Å². The molecule has 3 rings (SSSR count). The van der Waals surface area contributed by atoms with Gasteiger partial charge in [-0.1, -0.05) is 23.2 Å². The van der Waals surface area contributed by atoms with Crippen LogP contribution < -0.4 is 5.32 Å². The van der Waals surface area contributed by atoms with Crippen LogP contribution in [0.4, 0.5) is 0 Å². The van der Waals surface area contributed by atoms with E-state index in [0.717, 1.165) is 37.3 Å². The van der Waals surface area contributed by atoms with Crippen LogP contribution in [-0.2, 0) is 0 Å². The van der Waals surface area contributed by atoms with Crippen molar-refractivity contribution in [1.82, 2.24) is 14.9 Å². The number of rotatable bonds is 2. The summed E-state index contributed by atoms with van der Waals surface area (Å²) < 4.78 is 2.25. The maximum atomic E-state index is 6.09. The Bertz CT molecular complexity index is 574. The number of hydrogen-bond acceptors (Lipinski definition) is 2. The Morgan fingerprint density at radius 2 is 1.95 bits per heavy atom. The molecule has 3 nitrogen and oxygen atoms in total. The summed E-state index contributed by atoms with van der Waals surface area (Å²) in [6.07, 6.45) is 6.16. The lowest BCUT2D eigenvalue weighted by molar-refractivity contribution is 0.370. The van der Waals surface area contributed by atoms with Gasteiger partial charge in [0.1, 0.15) is 5.82 Å². The van der Waals surface area contributed by atoms with Crippen molar-refractivity contribution in [3.05, 3.63) is 40.6 Å². The monoisotopic (exact) mass is 295 g/mol. The number of nitrogens with one attached hydrogen (secondary N) is 1. The van der Waals surface area contributed by atoms with Gasteiger partial charge in [-0.25, -0.2) is 4.98 Å². The molecular weight excluding hydrogens is 281 g/mol. The largest absolute Gasteiger partial charge is 0.328 e. The van der Waals surface area contributed by atoms with E-state index in [0.29, 0.717) is 16.1 Å². The Labute approximate surface area is 122 Å². The fourth-order valence-electron chi connectivity index (χ4n) is 2.55. The summed E-state index contributed by atoms with van der Waals surface area (Å²) in [5, 5.41) is 4.52. The van der Waals surface area contributed by atoms with Crippen molar-refractivity contribution in [2.45, 2.75) is 18.9 Å². The molecule has 1 aromatic heterocycles. The minimum absolute atomic E-state index is 0.508. The van der Waals surface area contributed by atoms with E-state index in [2.05, 4.69) is 14.9 Å². The predicted octanol–water partition coefficient (Wildman–Crippen LogP) is 3.78. The van der Waals surface area contributed by atoms with Crippen LogP contribution in [-0.4, -0.2) is 22.6 Å². The van der Waals surface area contributed by atoms with Gasteiger partial charge in [-0.15, -0.1) is 0 Å². The van der Waals surface area contributed by atoms with Crippen LogP contribution in [0.3, 0.4) is 0 Å². The molecule has 1 saturated heterocycles. The maximum absolute atomic E-state index is 6.09. The molecule has 1 aliphatic rings. The summed E-state index contributed by atoms with van der Waals surface area (Å²) in [6, 6.07) is 6.17. The summed E-state index contributed by atoms with van der Waals surface area (Å²) in [7, 11) is 0. The van der Waals surface area contributed by atoms with Crippen molar-refractivity contribution in [3.8, 4) is 11.4 Å². The van der Waals surface area contributed by atoms with Gasteiger partial charge < -0.3 is 9.88 Å². The molecule has 5 heteroatoms. The third-order valence-electron chi connectivity index (χ3n) is 3.55. The smallest absolute Gasteiger partial charge is 0.140 e. The maximum Gasteiger partial charge on any atom is 0.140 e. The summed E-state index contributed by atoms with van der Waals surface area (Å²) >= 11 is 12.1. The molecule has 1 N–H and O–H groups in total. The molecule has 0 unspecified atom stereocenters. The molecule has 0 bridgehead atoms. The summed E-state index contributed by atoms with van der Waals surface area (Å²) in [4.78, 5) is 4.47. The molecule has 1 aliphatic heterocycles. The lowest BCUT2D eigenvalue weighted by Crippen LogP contribution is -2.29. The summed E-state index contributed by atoms with van der Waals surface area (Å²) in [6.45, 7) is 2.12. The number of halogens is 2. The molecule has 0 amide bonds. The first-order chi connectivity index (χ1) is 9.25. The normalized spacial score (nSPS) is 16.7. The fourth-order valence-corrected chi connectivity index (χ4v) is 2.85. The van der Waals surface area contributed by atoms with Gasteiger partial charge in [-0.05, 0) is 44.1 Å². The van der Waals surface area contributed by atoms with Crippen LogP contribution in [0.25, 0.3) is 11.4 Å². The molecule has 1 fully saturated rings. The van der Waals surface area contributed by atoms with E-state index in [1.807, 2.05) is 30.6 Å². The zero-order valence-electron chi connectivity index (χ0n) is 10.4. The highest BCUT2D eigenvalue weighted by molar-refractivity contribution is 6.42. The Kier molecular flexibility index (Phi) is 3.78. The van der Waals surface area contributed by atoms with Gasteiger partial charge in [0.2, 0.25) is 0 Å². The van der Waals surface area contributed by atoms with Gasteiger partial charge >= 0.3 is 0 Å². The highest BCUT2D eigenvalue weighted by Gasteiger charge is 2.18. The number of hydrogen-bond donors (Lipinski definition) is 1. The van der Waals surface area contributed by atoms with Crippen molar-refractivity contribution < 1.29 is 0 Å². The van der Waals surface area contributed by atoms with Crippen LogP contribution in [0.5, 0.6) is 0 Å². The van der Waals surface area contributed by atoms with E-state index in [9.17, 15) is 0 Å². The van der Waals surface area contributed by atoms with Gasteiger partial charge in [-0.2, -0.15) is 0 Å². The van der Waals surface area contributed by atoms with Crippen LogP contribution in [0.1, 0.15) is 18.9 Å². The Morgan fingerprint density at radius 3 is 2.68 bits per heavy atom. The quantitative estimate of drug-likeness (QED) is 0.914. The molecule has 1 aromatic carbocycles. The van der Waals surface area contributed by atoms with Crippen molar-refractivity contribution >= 4 is 23.2 Å². The standard InChI is InChI=1S/C14H15Cl2N3/c15-12-2-1-10(9-13(12)16)14-18-7-8-19(14)11-3-5-17-6-4-11/h1-2,7-9,11,17H,3-6H2. The van der Waals surface area contributed by atoms with Crippen molar-refractivity contribution in [2.24, 2.45) is 0 Å². The third-order valence-corrected chi connectivity index (χ3v) is 4.29. The van der Waals surface area contributed by atoms with Crippen LogP contribution >= 0.6 is 23.2 Å². The average Bonchev–Trinajstić information content (AvgIpc) is 2.92. The van der Waals surface area contributed by atoms with E-state index in [4.69, 9.17) is 23.2 Å². The lowest BCUT2D eigenvalue weighted by Gasteiger charge is -2.25. The molecule has 0 atom stereocenters. The first-order valence-electron chi connectivity index (χ1n) is 6.44. The topological polar surface area (TPSA) is 29.9 Å². The number of imidazole rings is 1. The van der Waals surface area contributed by atoms with E-state index < -0.39 is 0 Å². The Morgan fingerprint density at radius 1 is 1.16 bits per heavy atom. The molecule has 0 saturated carbocycles. The van der Waals surface area contributed by atoms with Gasteiger partial charge in [0.05, 0.1) is 10.0 Å². The van der Waals surface area contributed by atoms with Crippen LogP contribution in [0.2, 0.25) is 10.0 Å². The Hall–Kier alpha value is -1.03. The summed E-state index contributed by atoms with van der Waals surface area (Å²) in [5.41, 5.74) is 1.01. The van der Waals surface area contributed by atoms with Crippen LogP contribution in [0.15, 0.2) is 30.6 Å². The number of nitrogens with zero attached hydrogens (tertiary/aromatic N) is 2. The molecule has 2 heterocycles. The Balaban J connectivity index is 1.96. The number of piperidine rings is 1. The SMILES string of the molecule is Clc1ccc(-c2nccn2C2CCNCC2)cc1Cl. The highest BCUT2D eigenvalue weighted by atomic mass is 35.5. The first kappa shape index (κ1) is 13.0. The highest BCUT2D eigenvalue weighted by Crippen LogP contribution is 2.30. The fraction of sp³-hybridized carbons (Fsp3) is 0.357. The molecular formula is C14H15Cl2N3. The summed E-state index contributed by atoms with van der Waals surface area (Å²) in [5.74, 6) is 0.963. The van der Waals surface area contributed by atoms with Gasteiger partial charge in [-0.3, -0.25) is 0 Å². The second kappa shape index (κ2) is 5.53. The lowest BCUT2D eigenvalue weighted by atomic mass is 10.1. The van der Waals surface area contributed by atoms with E-state index in [1.165, 1.54) is 0 Å². The average molecular weight is 296 g/mol. The molecule has 0 aliphatic carbocycles. The third kappa shape index (κ3) is 2.64. The first-order valence-corrected chi connectivity index (χ1v) is 7.20. The van der Waals surface area contributed by atoms with Gasteiger partial charge in [0.25, 0.3) is 0 Å². The minimum atomic E-state index is 0.508. The zero-order chi connectivity index (χ0) is 13.2. The number of benzene rings is 1.